The Balaban J connectivity index is 1.31. The predicted octanol–water partition coefficient (Wildman–Crippen LogP) is 8.22. The molecule has 6 aromatic rings. The minimum absolute atomic E-state index is 0.00603. The van der Waals surface area contributed by atoms with Crippen LogP contribution in [0.4, 0.5) is 28.4 Å². The molecule has 0 bridgehead atoms. The molecule has 6 rings (SSSR count). The van der Waals surface area contributed by atoms with Crippen LogP contribution in [0.1, 0.15) is 17.0 Å². The average Bonchev–Trinajstić information content (AvgIpc) is 3.51. The summed E-state index contributed by atoms with van der Waals surface area (Å²) in [6, 6.07) is 22.4. The maximum atomic E-state index is 12.4. The number of hydrogen-bond donors (Lipinski definition) is 3. The second-order valence-electron chi connectivity index (χ2n) is 10.8. The van der Waals surface area contributed by atoms with E-state index in [0.29, 0.717) is 28.4 Å². The molecule has 50 heavy (non-hydrogen) atoms. The van der Waals surface area contributed by atoms with Crippen molar-refractivity contribution in [2.45, 2.75) is 25.7 Å². The van der Waals surface area contributed by atoms with Crippen LogP contribution in [0.3, 0.4) is 0 Å². The van der Waals surface area contributed by atoms with E-state index in [1.807, 2.05) is 19.1 Å². The smallest absolute Gasteiger partial charge is 0.417 e. The lowest BCUT2D eigenvalue weighted by atomic mass is 10.0. The van der Waals surface area contributed by atoms with Crippen molar-refractivity contribution in [3.05, 3.63) is 102 Å². The number of nitrogens with two attached hydrogens (primary N) is 1. The number of benzene rings is 5. The number of phenols is 1. The number of rotatable bonds is 10. The summed E-state index contributed by atoms with van der Waals surface area (Å²) in [5.41, 5.74) is 8.57. The van der Waals surface area contributed by atoms with Gasteiger partial charge in [-0.15, -0.1) is 15.3 Å². The number of fused-ring (bicyclic) bond motifs is 1. The molecule has 254 valence electrons. The highest BCUT2D eigenvalue weighted by Gasteiger charge is 2.25. The minimum Gasteiger partial charge on any atom is -0.505 e. The van der Waals surface area contributed by atoms with E-state index in [4.69, 9.17) is 18.6 Å². The third kappa shape index (κ3) is 7.34. The van der Waals surface area contributed by atoms with Crippen molar-refractivity contribution in [2.75, 3.05) is 5.73 Å². The molecule has 0 fully saturated rings. The van der Waals surface area contributed by atoms with Gasteiger partial charge in [-0.25, -0.2) is 0 Å². The highest BCUT2D eigenvalue weighted by Crippen LogP contribution is 2.47. The zero-order chi connectivity index (χ0) is 35.6. The van der Waals surface area contributed by atoms with Crippen LogP contribution in [0.25, 0.3) is 22.2 Å². The zero-order valence-electron chi connectivity index (χ0n) is 26.5. The van der Waals surface area contributed by atoms with Crippen LogP contribution in [-0.4, -0.2) is 32.4 Å². The fraction of sp³-hybridized carbons (Fsp3) is 0.0909. The van der Waals surface area contributed by atoms with Crippen molar-refractivity contribution in [3.8, 4) is 28.7 Å². The molecule has 1 heterocycles. The van der Waals surface area contributed by atoms with E-state index in [9.17, 15) is 22.3 Å². The molecule has 17 heteroatoms. The van der Waals surface area contributed by atoms with Crippen LogP contribution < -0.4 is 14.1 Å². The van der Waals surface area contributed by atoms with Gasteiger partial charge in [0.25, 0.3) is 16.0 Å². The van der Waals surface area contributed by atoms with Crippen LogP contribution in [0.2, 0.25) is 0 Å². The van der Waals surface area contributed by atoms with Gasteiger partial charge in [0.1, 0.15) is 27.8 Å². The quantitative estimate of drug-likeness (QED) is 0.0696. The van der Waals surface area contributed by atoms with Gasteiger partial charge < -0.3 is 23.7 Å². The summed E-state index contributed by atoms with van der Waals surface area (Å²) in [6.07, 6.45) is 0. The van der Waals surface area contributed by atoms with E-state index in [0.717, 1.165) is 11.6 Å². The Morgan fingerprint density at radius 1 is 0.840 bits per heavy atom. The normalized spacial score (nSPS) is 12.6. The summed E-state index contributed by atoms with van der Waals surface area (Å²) in [7, 11) is -4.90. The SMILES string of the molecule is Cc1ccc(OS(=O)Oc2ccc(N=Nc3c(C)cc4cc(S(=O)(=O)O)c(N=Nc5ccccc5-c5nc(C)no5)c(O)c4c3N)cc2)cc1. The molecule has 1 unspecified atom stereocenters. The van der Waals surface area contributed by atoms with Gasteiger partial charge in [-0.2, -0.15) is 22.7 Å². The number of nitrogens with zero attached hydrogens (tertiary/aromatic N) is 6. The Morgan fingerprint density at radius 3 is 2.12 bits per heavy atom. The average molecular weight is 714 g/mol. The molecular formula is C33H27N7O8S2. The highest BCUT2D eigenvalue weighted by molar-refractivity contribution is 7.86. The molecule has 0 radical (unpaired) electrons. The minimum atomic E-state index is -4.90. The van der Waals surface area contributed by atoms with Crippen molar-refractivity contribution in [2.24, 2.45) is 20.5 Å². The lowest BCUT2D eigenvalue weighted by molar-refractivity contribution is 0.425. The predicted molar refractivity (Wildman–Crippen MR) is 184 cm³/mol. The number of aromatic nitrogens is 2. The van der Waals surface area contributed by atoms with Gasteiger partial charge in [-0.3, -0.25) is 4.55 Å². The van der Waals surface area contributed by atoms with Gasteiger partial charge in [0.15, 0.2) is 11.6 Å². The number of azo groups is 2. The molecule has 4 N–H and O–H groups in total. The molecule has 0 amide bonds. The van der Waals surface area contributed by atoms with Gasteiger partial charge in [-0.1, -0.05) is 35.0 Å². The Labute approximate surface area is 287 Å². The Hall–Kier alpha value is -6.04. The van der Waals surface area contributed by atoms with Crippen molar-refractivity contribution >= 4 is 60.7 Å². The van der Waals surface area contributed by atoms with Crippen LogP contribution in [0.15, 0.2) is 115 Å². The molecule has 1 atom stereocenters. The fourth-order valence-electron chi connectivity index (χ4n) is 4.81. The summed E-state index contributed by atoms with van der Waals surface area (Å²) in [5.74, 6) is 0.510. The molecule has 0 saturated carbocycles. The Kier molecular flexibility index (Phi) is 9.36. The van der Waals surface area contributed by atoms with E-state index >= 15 is 0 Å². The number of aryl methyl sites for hydroxylation is 3. The fourth-order valence-corrected chi connectivity index (χ4v) is 6.03. The van der Waals surface area contributed by atoms with Crippen LogP contribution >= 0.6 is 0 Å². The molecule has 1 aromatic heterocycles. The summed E-state index contributed by atoms with van der Waals surface area (Å²) >= 11 is -2.09. The van der Waals surface area contributed by atoms with E-state index in [1.165, 1.54) is 18.2 Å². The van der Waals surface area contributed by atoms with Crippen molar-refractivity contribution in [1.29, 1.82) is 0 Å². The van der Waals surface area contributed by atoms with Gasteiger partial charge in [0, 0.05) is 0 Å². The van der Waals surface area contributed by atoms with Crippen molar-refractivity contribution in [3.63, 3.8) is 0 Å². The second-order valence-corrected chi connectivity index (χ2v) is 13.0. The number of phenolic OH excluding ortho intramolecular Hbond substituents is 1. The molecular weight excluding hydrogens is 687 g/mol. The molecule has 0 aliphatic carbocycles. The number of hydrogen-bond acceptors (Lipinski definition) is 14. The first-order valence-corrected chi connectivity index (χ1v) is 17.1. The zero-order valence-corrected chi connectivity index (χ0v) is 28.1. The number of anilines is 1. The monoisotopic (exact) mass is 713 g/mol. The summed E-state index contributed by atoms with van der Waals surface area (Å²) in [6.45, 7) is 5.23. The first-order chi connectivity index (χ1) is 23.9. The molecule has 15 nitrogen and oxygen atoms in total. The molecule has 0 spiro atoms. The summed E-state index contributed by atoms with van der Waals surface area (Å²) in [5, 5.41) is 32.0. The lowest BCUT2D eigenvalue weighted by Gasteiger charge is -2.13. The first-order valence-electron chi connectivity index (χ1n) is 14.6. The lowest BCUT2D eigenvalue weighted by Crippen LogP contribution is -2.07. The molecule has 0 saturated heterocycles. The largest absolute Gasteiger partial charge is 0.505 e. The summed E-state index contributed by atoms with van der Waals surface area (Å²) in [4.78, 5) is 3.49. The second kappa shape index (κ2) is 13.8. The van der Waals surface area contributed by atoms with Crippen LogP contribution in [-0.2, 0) is 21.5 Å². The van der Waals surface area contributed by atoms with Gasteiger partial charge in [0.2, 0.25) is 0 Å². The van der Waals surface area contributed by atoms with E-state index in [1.54, 1.807) is 62.4 Å². The van der Waals surface area contributed by atoms with Gasteiger partial charge >= 0.3 is 11.4 Å². The van der Waals surface area contributed by atoms with Crippen molar-refractivity contribution in [1.82, 2.24) is 10.1 Å². The maximum absolute atomic E-state index is 12.4. The van der Waals surface area contributed by atoms with Crippen LogP contribution in [0.5, 0.6) is 17.2 Å². The first kappa shape index (κ1) is 33.8. The van der Waals surface area contributed by atoms with Gasteiger partial charge in [-0.05, 0) is 92.4 Å². The van der Waals surface area contributed by atoms with E-state index in [2.05, 4.69) is 30.6 Å². The Morgan fingerprint density at radius 2 is 1.48 bits per heavy atom. The van der Waals surface area contributed by atoms with E-state index in [-0.39, 0.29) is 39.5 Å². The third-order valence-corrected chi connectivity index (χ3v) is 8.71. The van der Waals surface area contributed by atoms with Crippen molar-refractivity contribution < 1.29 is 35.2 Å². The summed E-state index contributed by atoms with van der Waals surface area (Å²) < 4.78 is 63.1. The molecule has 5 aromatic carbocycles. The standard InChI is InChI=1S/C33H27N7O8S2/c1-18-8-12-23(13-9-18)47-49(42)48-24-14-10-22(11-15-24)36-38-30-19(2)16-21-17-27(50(43,44)45)31(32(41)28(21)29(30)34)39-37-26-7-5-4-6-25(26)33-35-20(3)40-46-33/h4-17,41H,34H2,1-3H3,(H,43,44,45). The highest BCUT2D eigenvalue weighted by atomic mass is 32.2. The van der Waals surface area contributed by atoms with Gasteiger partial charge in [0.05, 0.1) is 28.0 Å². The topological polar surface area (TPSA) is 225 Å². The van der Waals surface area contributed by atoms with E-state index < -0.39 is 37.8 Å². The molecule has 0 aliphatic rings. The number of aromatic hydroxyl groups is 1. The van der Waals surface area contributed by atoms with Crippen LogP contribution in [0, 0.1) is 20.8 Å². The maximum Gasteiger partial charge on any atom is 0.417 e. The number of nitrogen functional groups attached to an aromatic ring is 1. The Bertz CT molecular complexity index is 2430. The third-order valence-electron chi connectivity index (χ3n) is 7.19. The molecule has 0 aliphatic heterocycles.